The highest BCUT2D eigenvalue weighted by atomic mass is 16.5. The van der Waals surface area contributed by atoms with Crippen molar-refractivity contribution >= 4 is 0 Å². The van der Waals surface area contributed by atoms with E-state index in [1.165, 1.54) is 0 Å². The van der Waals surface area contributed by atoms with E-state index in [4.69, 9.17) is 4.74 Å². The van der Waals surface area contributed by atoms with Crippen LogP contribution in [0.5, 0.6) is 0 Å². The van der Waals surface area contributed by atoms with Crippen LogP contribution in [0.1, 0.15) is 38.3 Å². The molecule has 0 atom stereocenters. The van der Waals surface area contributed by atoms with Crippen LogP contribution in [0.4, 0.5) is 0 Å². The molecule has 1 aromatic heterocycles. The van der Waals surface area contributed by atoms with E-state index in [2.05, 4.69) is 29.4 Å². The lowest BCUT2D eigenvalue weighted by Gasteiger charge is -2.07. The molecule has 5 nitrogen and oxygen atoms in total. The lowest BCUT2D eigenvalue weighted by atomic mass is 10.3. The third-order valence-electron chi connectivity index (χ3n) is 2.66. The van der Waals surface area contributed by atoms with E-state index in [1.54, 1.807) is 0 Å². The average molecular weight is 240 g/mol. The number of nitrogens with one attached hydrogen (secondary N) is 1. The molecule has 1 rings (SSSR count). The number of nitrogens with zero attached hydrogens (tertiary/aromatic N) is 3. The Morgan fingerprint density at radius 2 is 2.06 bits per heavy atom. The lowest BCUT2D eigenvalue weighted by molar-refractivity contribution is 0.0760. The van der Waals surface area contributed by atoms with Crippen molar-refractivity contribution in [3.05, 3.63) is 11.6 Å². The van der Waals surface area contributed by atoms with Crippen LogP contribution in [0.2, 0.25) is 0 Å². The minimum absolute atomic E-state index is 0.338. The first-order valence-electron chi connectivity index (χ1n) is 6.28. The fourth-order valence-corrected chi connectivity index (χ4v) is 1.48. The van der Waals surface area contributed by atoms with Crippen LogP contribution < -0.4 is 5.32 Å². The summed E-state index contributed by atoms with van der Waals surface area (Å²) in [5, 5.41) is 11.5. The molecule has 1 aromatic rings. The van der Waals surface area contributed by atoms with Crippen LogP contribution in [0.25, 0.3) is 0 Å². The van der Waals surface area contributed by atoms with E-state index in [0.29, 0.717) is 6.10 Å². The molecule has 1 heterocycles. The van der Waals surface area contributed by atoms with Gasteiger partial charge in [-0.25, -0.2) is 0 Å². The number of aryl methyl sites for hydroxylation is 1. The normalized spacial score (nSPS) is 11.4. The predicted octanol–water partition coefficient (Wildman–Crippen LogP) is 1.42. The molecule has 5 heteroatoms. The summed E-state index contributed by atoms with van der Waals surface area (Å²) in [6.07, 6.45) is 2.57. The summed E-state index contributed by atoms with van der Waals surface area (Å²) in [4.78, 5) is 0. The van der Waals surface area contributed by atoms with Gasteiger partial charge >= 0.3 is 0 Å². The maximum absolute atomic E-state index is 5.47. The quantitative estimate of drug-likeness (QED) is 0.698. The molecule has 0 aliphatic heterocycles. The summed E-state index contributed by atoms with van der Waals surface area (Å²) >= 11 is 0. The smallest absolute Gasteiger partial charge is 0.146 e. The molecule has 0 saturated heterocycles. The van der Waals surface area contributed by atoms with Crippen molar-refractivity contribution < 1.29 is 4.74 Å². The molecule has 0 fully saturated rings. The van der Waals surface area contributed by atoms with Gasteiger partial charge in [-0.05, 0) is 40.2 Å². The van der Waals surface area contributed by atoms with Crippen molar-refractivity contribution in [2.75, 3.05) is 13.2 Å². The zero-order chi connectivity index (χ0) is 12.7. The molecule has 0 unspecified atom stereocenters. The zero-order valence-electron chi connectivity index (χ0n) is 11.4. The summed E-state index contributed by atoms with van der Waals surface area (Å²) in [5.74, 6) is 1.94. The fraction of sp³-hybridized carbons (Fsp3) is 0.833. The second kappa shape index (κ2) is 7.40. The molecular weight excluding hydrogens is 216 g/mol. The van der Waals surface area contributed by atoms with Gasteiger partial charge in [0.15, 0.2) is 0 Å². The van der Waals surface area contributed by atoms with Gasteiger partial charge in [0, 0.05) is 13.7 Å². The Kier molecular flexibility index (Phi) is 6.15. The molecule has 0 aromatic carbocycles. The first-order valence-corrected chi connectivity index (χ1v) is 6.28. The first kappa shape index (κ1) is 14.1. The Morgan fingerprint density at radius 3 is 2.65 bits per heavy atom. The van der Waals surface area contributed by atoms with Crippen LogP contribution in [-0.4, -0.2) is 34.0 Å². The van der Waals surface area contributed by atoms with Crippen LogP contribution >= 0.6 is 0 Å². The number of unbranched alkanes of at least 4 members (excludes halogenated alkanes) is 1. The molecular formula is C12H24N4O. The SMILES string of the molecule is Cc1nnc(CNCCCCOC(C)C)n1C. The van der Waals surface area contributed by atoms with Crippen molar-refractivity contribution in [2.24, 2.45) is 7.05 Å². The third kappa shape index (κ3) is 5.28. The van der Waals surface area contributed by atoms with Gasteiger partial charge in [0.2, 0.25) is 0 Å². The van der Waals surface area contributed by atoms with Crippen molar-refractivity contribution in [1.29, 1.82) is 0 Å². The monoisotopic (exact) mass is 240 g/mol. The standard InChI is InChI=1S/C12H24N4O/c1-10(2)17-8-6-5-7-13-9-12-15-14-11(3)16(12)4/h10,13H,5-9H2,1-4H3. The van der Waals surface area contributed by atoms with Crippen molar-refractivity contribution in [1.82, 2.24) is 20.1 Å². The van der Waals surface area contributed by atoms with Crippen LogP contribution in [-0.2, 0) is 18.3 Å². The highest BCUT2D eigenvalue weighted by Gasteiger charge is 2.03. The van der Waals surface area contributed by atoms with Gasteiger partial charge in [-0.15, -0.1) is 10.2 Å². The number of ether oxygens (including phenoxy) is 1. The molecule has 0 bridgehead atoms. The molecule has 17 heavy (non-hydrogen) atoms. The summed E-state index contributed by atoms with van der Waals surface area (Å²) in [6.45, 7) is 8.71. The van der Waals surface area contributed by atoms with Crippen LogP contribution in [0.3, 0.4) is 0 Å². The summed E-state index contributed by atoms with van der Waals surface area (Å²) < 4.78 is 7.48. The molecule has 0 radical (unpaired) electrons. The van der Waals surface area contributed by atoms with Crippen LogP contribution in [0, 0.1) is 6.92 Å². The van der Waals surface area contributed by atoms with Crippen LogP contribution in [0.15, 0.2) is 0 Å². The van der Waals surface area contributed by atoms with Gasteiger partial charge in [0.1, 0.15) is 11.6 Å². The summed E-state index contributed by atoms with van der Waals surface area (Å²) in [7, 11) is 1.99. The Labute approximate surface area is 104 Å². The van der Waals surface area contributed by atoms with Crippen molar-refractivity contribution in [3.8, 4) is 0 Å². The highest BCUT2D eigenvalue weighted by Crippen LogP contribution is 1.97. The number of hydrogen-bond donors (Lipinski definition) is 1. The van der Waals surface area contributed by atoms with Gasteiger partial charge < -0.3 is 14.6 Å². The van der Waals surface area contributed by atoms with Gasteiger partial charge in [-0.3, -0.25) is 0 Å². The molecule has 0 amide bonds. The van der Waals surface area contributed by atoms with E-state index < -0.39 is 0 Å². The highest BCUT2D eigenvalue weighted by molar-refractivity contribution is 4.91. The number of aromatic nitrogens is 3. The largest absolute Gasteiger partial charge is 0.379 e. The topological polar surface area (TPSA) is 52.0 Å². The van der Waals surface area contributed by atoms with Crippen molar-refractivity contribution in [3.63, 3.8) is 0 Å². The molecule has 0 aliphatic carbocycles. The van der Waals surface area contributed by atoms with Gasteiger partial charge in [-0.2, -0.15) is 0 Å². The molecule has 0 spiro atoms. The first-order chi connectivity index (χ1) is 8.11. The molecule has 0 aliphatic rings. The van der Waals surface area contributed by atoms with E-state index in [0.717, 1.165) is 44.2 Å². The number of rotatable bonds is 8. The van der Waals surface area contributed by atoms with Gasteiger partial charge in [0.25, 0.3) is 0 Å². The fourth-order valence-electron chi connectivity index (χ4n) is 1.48. The summed E-state index contributed by atoms with van der Waals surface area (Å²) in [6, 6.07) is 0. The predicted molar refractivity (Wildman–Crippen MR) is 67.8 cm³/mol. The number of hydrogen-bond acceptors (Lipinski definition) is 4. The second-order valence-electron chi connectivity index (χ2n) is 4.53. The Balaban J connectivity index is 2.03. The minimum Gasteiger partial charge on any atom is -0.379 e. The van der Waals surface area contributed by atoms with E-state index in [1.807, 2.05) is 18.5 Å². The lowest BCUT2D eigenvalue weighted by Crippen LogP contribution is -2.18. The summed E-state index contributed by atoms with van der Waals surface area (Å²) in [5.41, 5.74) is 0. The Hall–Kier alpha value is -0.940. The molecule has 0 saturated carbocycles. The maximum atomic E-state index is 5.47. The minimum atomic E-state index is 0.338. The van der Waals surface area contributed by atoms with E-state index in [9.17, 15) is 0 Å². The Morgan fingerprint density at radius 1 is 1.29 bits per heavy atom. The second-order valence-corrected chi connectivity index (χ2v) is 4.53. The van der Waals surface area contributed by atoms with E-state index in [-0.39, 0.29) is 0 Å². The van der Waals surface area contributed by atoms with Crippen molar-refractivity contribution in [2.45, 2.75) is 46.3 Å². The average Bonchev–Trinajstić information content (AvgIpc) is 2.59. The zero-order valence-corrected chi connectivity index (χ0v) is 11.4. The van der Waals surface area contributed by atoms with Gasteiger partial charge in [0.05, 0.1) is 12.6 Å². The third-order valence-corrected chi connectivity index (χ3v) is 2.66. The van der Waals surface area contributed by atoms with E-state index >= 15 is 0 Å². The Bertz CT molecular complexity index is 322. The molecule has 1 N–H and O–H groups in total. The molecule has 98 valence electrons. The maximum Gasteiger partial charge on any atom is 0.146 e. The van der Waals surface area contributed by atoms with Gasteiger partial charge in [-0.1, -0.05) is 0 Å².